The zero-order valence-electron chi connectivity index (χ0n) is 17.8. The van der Waals surface area contributed by atoms with Crippen LogP contribution >= 0.6 is 0 Å². The number of aliphatic hydroxyl groups is 1. The molecule has 1 aromatic carbocycles. The van der Waals surface area contributed by atoms with E-state index in [4.69, 9.17) is 4.74 Å². The maximum Gasteiger partial charge on any atom is 0.228 e. The molecule has 160 valence electrons. The predicted molar refractivity (Wildman–Crippen MR) is 117 cm³/mol. The Morgan fingerprint density at radius 2 is 2.19 bits per heavy atom. The topological polar surface area (TPSA) is 109 Å². The zero-order chi connectivity index (χ0) is 21.8. The largest absolute Gasteiger partial charge is 0.395 e. The summed E-state index contributed by atoms with van der Waals surface area (Å²) in [6.45, 7) is 3.48. The lowest BCUT2D eigenvalue weighted by molar-refractivity contribution is 0.189. The Hall–Kier alpha value is -3.28. The third-order valence-electron chi connectivity index (χ3n) is 5.92. The number of rotatable bonds is 8. The maximum absolute atomic E-state index is 9.95. The van der Waals surface area contributed by atoms with E-state index >= 15 is 0 Å². The Balaban J connectivity index is 1.64. The number of hydrogen-bond donors (Lipinski definition) is 2. The number of nitriles is 1. The van der Waals surface area contributed by atoms with E-state index in [1.807, 2.05) is 29.8 Å². The fraction of sp³-hybridized carbons (Fsp3) is 0.391. The van der Waals surface area contributed by atoms with E-state index in [2.05, 4.69) is 32.5 Å². The molecule has 31 heavy (non-hydrogen) atoms. The van der Waals surface area contributed by atoms with Crippen LogP contribution in [0.5, 0.6) is 0 Å². The molecule has 2 N–H and O–H groups in total. The van der Waals surface area contributed by atoms with Gasteiger partial charge in [0, 0.05) is 43.5 Å². The standard InChI is InChI=1S/C23H26N6O2/c1-23(15-30)7-4-18-17(14-24)12-16(13-19(18)23)20-5-8-25-22(27-20)28-21-6-9-26-29(21)10-3-11-31-2/h5-6,8-9,12-13,30H,3-4,7,10-11,15H2,1-2H3,(H,25,27,28)/t23-/m0/s1. The molecule has 8 heteroatoms. The molecule has 0 fully saturated rings. The summed E-state index contributed by atoms with van der Waals surface area (Å²) in [6, 6.07) is 9.96. The van der Waals surface area contributed by atoms with Crippen LogP contribution in [0, 0.1) is 11.3 Å². The number of aliphatic hydroxyl groups excluding tert-OH is 1. The number of fused-ring (bicyclic) bond motifs is 1. The highest BCUT2D eigenvalue weighted by molar-refractivity contribution is 5.67. The lowest BCUT2D eigenvalue weighted by Crippen LogP contribution is -2.23. The summed E-state index contributed by atoms with van der Waals surface area (Å²) < 4.78 is 6.96. The van der Waals surface area contributed by atoms with Crippen molar-refractivity contribution in [1.29, 1.82) is 5.26 Å². The van der Waals surface area contributed by atoms with Crippen molar-refractivity contribution in [3.05, 3.63) is 53.3 Å². The molecular formula is C23H26N6O2. The molecule has 2 aromatic heterocycles. The Morgan fingerprint density at radius 3 is 2.97 bits per heavy atom. The molecule has 4 rings (SSSR count). The summed E-state index contributed by atoms with van der Waals surface area (Å²) in [7, 11) is 1.68. The summed E-state index contributed by atoms with van der Waals surface area (Å²) in [5.74, 6) is 1.25. The number of nitrogens with zero attached hydrogens (tertiary/aromatic N) is 5. The minimum Gasteiger partial charge on any atom is -0.395 e. The smallest absolute Gasteiger partial charge is 0.228 e. The van der Waals surface area contributed by atoms with Gasteiger partial charge in [0.2, 0.25) is 5.95 Å². The van der Waals surface area contributed by atoms with Crippen LogP contribution in [0.4, 0.5) is 11.8 Å². The number of ether oxygens (including phenoxy) is 1. The molecule has 0 radical (unpaired) electrons. The van der Waals surface area contributed by atoms with Gasteiger partial charge in [-0.05, 0) is 48.6 Å². The number of nitrogens with one attached hydrogen (secondary N) is 1. The van der Waals surface area contributed by atoms with Crippen LogP contribution in [0.1, 0.15) is 36.5 Å². The quantitative estimate of drug-likeness (QED) is 0.541. The van der Waals surface area contributed by atoms with Gasteiger partial charge in [-0.1, -0.05) is 6.92 Å². The van der Waals surface area contributed by atoms with Crippen LogP contribution < -0.4 is 5.32 Å². The first-order chi connectivity index (χ1) is 15.1. The van der Waals surface area contributed by atoms with Gasteiger partial charge >= 0.3 is 0 Å². The van der Waals surface area contributed by atoms with Crippen LogP contribution in [0.25, 0.3) is 11.3 Å². The van der Waals surface area contributed by atoms with Gasteiger partial charge in [0.15, 0.2) is 0 Å². The molecule has 0 bridgehead atoms. The average molecular weight is 419 g/mol. The minimum atomic E-state index is -0.334. The van der Waals surface area contributed by atoms with E-state index < -0.39 is 0 Å². The second-order valence-electron chi connectivity index (χ2n) is 8.06. The molecule has 0 amide bonds. The first kappa shape index (κ1) is 21.0. The summed E-state index contributed by atoms with van der Waals surface area (Å²) in [5, 5.41) is 27.2. The lowest BCUT2D eigenvalue weighted by atomic mass is 9.83. The molecular weight excluding hydrogens is 392 g/mol. The van der Waals surface area contributed by atoms with E-state index in [1.165, 1.54) is 0 Å². The maximum atomic E-state index is 9.95. The third kappa shape index (κ3) is 4.15. The molecule has 1 aliphatic rings. The van der Waals surface area contributed by atoms with Gasteiger partial charge in [0.25, 0.3) is 0 Å². The predicted octanol–water partition coefficient (Wildman–Crippen LogP) is 3.19. The molecule has 0 saturated heterocycles. The number of benzene rings is 1. The molecule has 2 heterocycles. The first-order valence-corrected chi connectivity index (χ1v) is 10.4. The Bertz CT molecular complexity index is 1120. The van der Waals surface area contributed by atoms with E-state index in [0.717, 1.165) is 54.0 Å². The van der Waals surface area contributed by atoms with Crippen molar-refractivity contribution in [2.45, 2.75) is 38.1 Å². The minimum absolute atomic E-state index is 0.0535. The number of anilines is 2. The van der Waals surface area contributed by atoms with Crippen molar-refractivity contribution in [3.8, 4) is 17.3 Å². The molecule has 0 saturated carbocycles. The zero-order valence-corrected chi connectivity index (χ0v) is 17.8. The monoisotopic (exact) mass is 418 g/mol. The first-order valence-electron chi connectivity index (χ1n) is 10.4. The molecule has 8 nitrogen and oxygen atoms in total. The van der Waals surface area contributed by atoms with Gasteiger partial charge in [0.05, 0.1) is 30.1 Å². The van der Waals surface area contributed by atoms with Crippen molar-refractivity contribution >= 4 is 11.8 Å². The third-order valence-corrected chi connectivity index (χ3v) is 5.92. The Labute approximate surface area is 181 Å². The molecule has 0 unspecified atom stereocenters. The van der Waals surface area contributed by atoms with Crippen molar-refractivity contribution in [1.82, 2.24) is 19.7 Å². The van der Waals surface area contributed by atoms with Crippen molar-refractivity contribution in [2.24, 2.45) is 0 Å². The van der Waals surface area contributed by atoms with Crippen LogP contribution in [-0.4, -0.2) is 45.2 Å². The van der Waals surface area contributed by atoms with Crippen molar-refractivity contribution in [3.63, 3.8) is 0 Å². The SMILES string of the molecule is COCCCn1nccc1Nc1nccc(-c2cc(C#N)c3c(c2)[C@](C)(CO)CC3)n1. The van der Waals surface area contributed by atoms with Crippen LogP contribution in [0.15, 0.2) is 36.7 Å². The highest BCUT2D eigenvalue weighted by atomic mass is 16.5. The van der Waals surface area contributed by atoms with E-state index in [0.29, 0.717) is 18.1 Å². The number of methoxy groups -OCH3 is 1. The fourth-order valence-electron chi connectivity index (χ4n) is 4.10. The van der Waals surface area contributed by atoms with Gasteiger partial charge in [-0.15, -0.1) is 0 Å². The van der Waals surface area contributed by atoms with E-state index in [1.54, 1.807) is 19.5 Å². The van der Waals surface area contributed by atoms with Gasteiger partial charge < -0.3 is 15.2 Å². The Morgan fingerprint density at radius 1 is 1.32 bits per heavy atom. The highest BCUT2D eigenvalue weighted by Crippen LogP contribution is 2.42. The van der Waals surface area contributed by atoms with Gasteiger partial charge in [-0.25, -0.2) is 14.6 Å². The van der Waals surface area contributed by atoms with Crippen LogP contribution in [0.3, 0.4) is 0 Å². The van der Waals surface area contributed by atoms with Crippen molar-refractivity contribution < 1.29 is 9.84 Å². The van der Waals surface area contributed by atoms with Crippen LogP contribution in [-0.2, 0) is 23.1 Å². The number of aryl methyl sites for hydroxylation is 1. The Kier molecular flexibility index (Phi) is 5.98. The normalized spacial score (nSPS) is 17.4. The van der Waals surface area contributed by atoms with Gasteiger partial charge in [-0.3, -0.25) is 0 Å². The van der Waals surface area contributed by atoms with Gasteiger partial charge in [0.1, 0.15) is 5.82 Å². The second kappa shape index (κ2) is 8.84. The fourth-order valence-corrected chi connectivity index (χ4v) is 4.10. The average Bonchev–Trinajstić information content (AvgIpc) is 3.38. The molecule has 1 aliphatic carbocycles. The second-order valence-corrected chi connectivity index (χ2v) is 8.06. The van der Waals surface area contributed by atoms with E-state index in [-0.39, 0.29) is 12.0 Å². The summed E-state index contributed by atoms with van der Waals surface area (Å²) in [5.41, 5.74) is 3.95. The molecule has 1 atom stereocenters. The van der Waals surface area contributed by atoms with Gasteiger partial charge in [-0.2, -0.15) is 10.4 Å². The lowest BCUT2D eigenvalue weighted by Gasteiger charge is -2.23. The summed E-state index contributed by atoms with van der Waals surface area (Å²) in [4.78, 5) is 9.01. The highest BCUT2D eigenvalue weighted by Gasteiger charge is 2.35. The van der Waals surface area contributed by atoms with E-state index in [9.17, 15) is 10.4 Å². The summed E-state index contributed by atoms with van der Waals surface area (Å²) >= 11 is 0. The molecule has 0 spiro atoms. The number of hydrogen-bond acceptors (Lipinski definition) is 7. The van der Waals surface area contributed by atoms with Crippen LogP contribution in [0.2, 0.25) is 0 Å². The molecule has 0 aliphatic heterocycles. The molecule has 3 aromatic rings. The van der Waals surface area contributed by atoms with Crippen molar-refractivity contribution in [2.75, 3.05) is 25.6 Å². The number of aromatic nitrogens is 4. The summed E-state index contributed by atoms with van der Waals surface area (Å²) in [6.07, 6.45) is 5.92.